The molecule has 1 aromatic carbocycles. The highest BCUT2D eigenvalue weighted by atomic mass is 16.5. The number of allylic oxidation sites excluding steroid dienone is 3. The minimum absolute atomic E-state index is 0.156. The molecule has 110 valence electrons. The molecule has 0 unspecified atom stereocenters. The second kappa shape index (κ2) is 7.48. The van der Waals surface area contributed by atoms with Crippen LogP contribution in [0.1, 0.15) is 32.8 Å². The third-order valence-electron chi connectivity index (χ3n) is 3.05. The molecular formula is C16H24N2O2. The summed E-state index contributed by atoms with van der Waals surface area (Å²) >= 11 is 0. The van der Waals surface area contributed by atoms with Crippen molar-refractivity contribution in [2.75, 3.05) is 14.2 Å². The van der Waals surface area contributed by atoms with Crippen LogP contribution in [0.25, 0.3) is 5.57 Å². The summed E-state index contributed by atoms with van der Waals surface area (Å²) in [4.78, 5) is 0. The lowest BCUT2D eigenvalue weighted by atomic mass is 10.0. The number of rotatable bonds is 6. The Kier molecular flexibility index (Phi) is 5.97. The number of hydrogen-bond donors (Lipinski definition) is 2. The van der Waals surface area contributed by atoms with Gasteiger partial charge in [0.15, 0.2) is 11.5 Å². The van der Waals surface area contributed by atoms with Crippen LogP contribution in [0, 0.1) is 0 Å². The molecule has 4 heteroatoms. The van der Waals surface area contributed by atoms with Crippen LogP contribution in [0.5, 0.6) is 11.5 Å². The van der Waals surface area contributed by atoms with Gasteiger partial charge in [-0.3, -0.25) is 5.01 Å². The minimum Gasteiger partial charge on any atom is -0.504 e. The summed E-state index contributed by atoms with van der Waals surface area (Å²) in [6, 6.07) is 5.42. The zero-order chi connectivity index (χ0) is 15.1. The van der Waals surface area contributed by atoms with Crippen LogP contribution in [-0.2, 0) is 0 Å². The van der Waals surface area contributed by atoms with Gasteiger partial charge in [0.2, 0.25) is 0 Å². The van der Waals surface area contributed by atoms with E-state index < -0.39 is 0 Å². The summed E-state index contributed by atoms with van der Waals surface area (Å²) in [5.74, 6) is 0.645. The van der Waals surface area contributed by atoms with Gasteiger partial charge in [-0.05, 0) is 43.5 Å². The van der Waals surface area contributed by atoms with Gasteiger partial charge in [0, 0.05) is 18.9 Å². The minimum atomic E-state index is 0.156. The number of phenolic OH excluding ortho intramolecular Hbond substituents is 1. The average Bonchev–Trinajstić information content (AvgIpc) is 2.41. The fraction of sp³-hybridized carbons (Fsp3) is 0.375. The molecule has 1 aromatic rings. The van der Waals surface area contributed by atoms with Gasteiger partial charge < -0.3 is 15.3 Å². The number of nitrogens with one attached hydrogen (secondary N) is 1. The van der Waals surface area contributed by atoms with E-state index in [2.05, 4.69) is 12.3 Å². The first kappa shape index (κ1) is 16.0. The van der Waals surface area contributed by atoms with Crippen LogP contribution < -0.4 is 10.2 Å². The summed E-state index contributed by atoms with van der Waals surface area (Å²) in [5, 5.41) is 11.6. The molecular weight excluding hydrogens is 252 g/mol. The van der Waals surface area contributed by atoms with Gasteiger partial charge in [0.1, 0.15) is 0 Å². The molecule has 0 fully saturated rings. The zero-order valence-corrected chi connectivity index (χ0v) is 12.9. The summed E-state index contributed by atoms with van der Waals surface area (Å²) < 4.78 is 5.17. The number of ether oxygens (including phenoxy) is 1. The highest BCUT2D eigenvalue weighted by Gasteiger charge is 2.09. The van der Waals surface area contributed by atoms with Gasteiger partial charge >= 0.3 is 0 Å². The average molecular weight is 276 g/mol. The van der Waals surface area contributed by atoms with Gasteiger partial charge in [0.05, 0.1) is 7.11 Å². The molecule has 0 spiro atoms. The molecule has 0 amide bonds. The summed E-state index contributed by atoms with van der Waals surface area (Å²) in [6.07, 6.45) is 4.81. The molecule has 0 aromatic heterocycles. The molecule has 0 aliphatic rings. The molecule has 20 heavy (non-hydrogen) atoms. The normalized spacial score (nSPS) is 12.2. The first-order chi connectivity index (χ1) is 9.53. The molecule has 2 N–H and O–H groups in total. The molecule has 0 saturated heterocycles. The molecule has 0 atom stereocenters. The smallest absolute Gasteiger partial charge is 0.161 e. The van der Waals surface area contributed by atoms with E-state index in [1.807, 2.05) is 50.3 Å². The van der Waals surface area contributed by atoms with Crippen LogP contribution >= 0.6 is 0 Å². The number of aromatic hydroxyl groups is 1. The van der Waals surface area contributed by atoms with Gasteiger partial charge in [0.25, 0.3) is 0 Å². The Labute approximate surface area is 121 Å². The maximum absolute atomic E-state index is 9.67. The topological polar surface area (TPSA) is 44.7 Å². The lowest BCUT2D eigenvalue weighted by Gasteiger charge is -2.20. The van der Waals surface area contributed by atoms with E-state index >= 15 is 0 Å². The second-order valence-corrected chi connectivity index (χ2v) is 4.55. The van der Waals surface area contributed by atoms with Crippen molar-refractivity contribution in [1.82, 2.24) is 10.4 Å². The summed E-state index contributed by atoms with van der Waals surface area (Å²) in [6.45, 7) is 6.12. The highest BCUT2D eigenvalue weighted by molar-refractivity contribution is 5.70. The number of phenols is 1. The number of hydrogen-bond acceptors (Lipinski definition) is 4. The SMILES string of the molecule is C/C=C\N(C)N/C(C)=C(\CC)c1ccc(O)c(OC)c1. The first-order valence-corrected chi connectivity index (χ1v) is 6.72. The van der Waals surface area contributed by atoms with Crippen molar-refractivity contribution in [1.29, 1.82) is 0 Å². The Morgan fingerprint density at radius 3 is 2.70 bits per heavy atom. The van der Waals surface area contributed by atoms with E-state index in [0.29, 0.717) is 5.75 Å². The predicted molar refractivity (Wildman–Crippen MR) is 83.3 cm³/mol. The van der Waals surface area contributed by atoms with Gasteiger partial charge in [-0.25, -0.2) is 0 Å². The van der Waals surface area contributed by atoms with Crippen LogP contribution in [-0.4, -0.2) is 24.3 Å². The van der Waals surface area contributed by atoms with E-state index in [4.69, 9.17) is 4.74 Å². The fourth-order valence-corrected chi connectivity index (χ4v) is 2.14. The molecule has 0 radical (unpaired) electrons. The van der Waals surface area contributed by atoms with Crippen molar-refractivity contribution >= 4 is 5.57 Å². The van der Waals surface area contributed by atoms with E-state index in [0.717, 1.165) is 17.7 Å². The lowest BCUT2D eigenvalue weighted by Crippen LogP contribution is -2.28. The van der Waals surface area contributed by atoms with E-state index in [-0.39, 0.29) is 5.75 Å². The quantitative estimate of drug-likeness (QED) is 0.780. The maximum atomic E-state index is 9.67. The maximum Gasteiger partial charge on any atom is 0.161 e. The Morgan fingerprint density at radius 1 is 1.45 bits per heavy atom. The summed E-state index contributed by atoms with van der Waals surface area (Å²) in [7, 11) is 3.51. The van der Waals surface area contributed by atoms with E-state index in [1.54, 1.807) is 13.2 Å². The van der Waals surface area contributed by atoms with Crippen molar-refractivity contribution in [3.8, 4) is 11.5 Å². The van der Waals surface area contributed by atoms with Crippen LogP contribution in [0.4, 0.5) is 0 Å². The third kappa shape index (κ3) is 3.95. The Morgan fingerprint density at radius 2 is 2.15 bits per heavy atom. The molecule has 0 aliphatic heterocycles. The second-order valence-electron chi connectivity index (χ2n) is 4.55. The molecule has 0 heterocycles. The van der Waals surface area contributed by atoms with Crippen molar-refractivity contribution in [3.05, 3.63) is 41.7 Å². The number of hydrazine groups is 1. The third-order valence-corrected chi connectivity index (χ3v) is 3.05. The monoisotopic (exact) mass is 276 g/mol. The largest absolute Gasteiger partial charge is 0.504 e. The number of nitrogens with zero attached hydrogens (tertiary/aromatic N) is 1. The van der Waals surface area contributed by atoms with Gasteiger partial charge in [-0.15, -0.1) is 0 Å². The number of benzene rings is 1. The van der Waals surface area contributed by atoms with Crippen LogP contribution in [0.3, 0.4) is 0 Å². The Bertz CT molecular complexity index is 507. The van der Waals surface area contributed by atoms with E-state index in [9.17, 15) is 5.11 Å². The van der Waals surface area contributed by atoms with Crippen molar-refractivity contribution in [2.24, 2.45) is 0 Å². The van der Waals surface area contributed by atoms with Gasteiger partial charge in [-0.1, -0.05) is 19.1 Å². The first-order valence-electron chi connectivity index (χ1n) is 6.72. The molecule has 1 rings (SSSR count). The fourth-order valence-electron chi connectivity index (χ4n) is 2.14. The van der Waals surface area contributed by atoms with Crippen molar-refractivity contribution < 1.29 is 9.84 Å². The van der Waals surface area contributed by atoms with Crippen LogP contribution in [0.15, 0.2) is 36.2 Å². The van der Waals surface area contributed by atoms with Gasteiger partial charge in [-0.2, -0.15) is 0 Å². The predicted octanol–water partition coefficient (Wildman–Crippen LogP) is 3.51. The van der Waals surface area contributed by atoms with Crippen molar-refractivity contribution in [3.63, 3.8) is 0 Å². The lowest BCUT2D eigenvalue weighted by molar-refractivity contribution is 0.370. The summed E-state index contributed by atoms with van der Waals surface area (Å²) in [5.41, 5.74) is 6.60. The Hall–Kier alpha value is -2.10. The molecule has 4 nitrogen and oxygen atoms in total. The number of methoxy groups -OCH3 is 1. The Balaban J connectivity index is 3.11. The van der Waals surface area contributed by atoms with Crippen LogP contribution in [0.2, 0.25) is 0 Å². The standard InChI is InChI=1S/C16H24N2O2/c1-6-10-18(4)17-12(3)14(7-2)13-8-9-15(19)16(11-13)20-5/h6,8-11,17,19H,7H2,1-5H3/b10-6-,14-12+. The molecule has 0 saturated carbocycles. The molecule has 0 bridgehead atoms. The van der Waals surface area contributed by atoms with E-state index in [1.165, 1.54) is 5.57 Å². The van der Waals surface area contributed by atoms with Crippen molar-refractivity contribution in [2.45, 2.75) is 27.2 Å². The molecule has 0 aliphatic carbocycles. The zero-order valence-electron chi connectivity index (χ0n) is 12.9. The highest BCUT2D eigenvalue weighted by Crippen LogP contribution is 2.31.